The van der Waals surface area contributed by atoms with E-state index in [1.54, 1.807) is 30.6 Å². The summed E-state index contributed by atoms with van der Waals surface area (Å²) < 4.78 is 13.0. The van der Waals surface area contributed by atoms with Crippen LogP contribution in [0.2, 0.25) is 0 Å². The Bertz CT molecular complexity index is 626. The quantitative estimate of drug-likeness (QED) is 0.661. The number of benzene rings is 1. The summed E-state index contributed by atoms with van der Waals surface area (Å²) in [5, 5.41) is 2.72. The predicted octanol–water partition coefficient (Wildman–Crippen LogP) is 2.13. The molecule has 3 N–H and O–H groups in total. The Hall–Kier alpha value is -2.69. The molecule has 5 heteroatoms. The van der Waals surface area contributed by atoms with Crippen LogP contribution >= 0.6 is 0 Å². The number of nitrogens with zero attached hydrogens (tertiary/aromatic N) is 1. The summed E-state index contributed by atoms with van der Waals surface area (Å²) in [6.07, 6.45) is 6.31. The van der Waals surface area contributed by atoms with Crippen molar-refractivity contribution in [1.29, 1.82) is 0 Å². The third kappa shape index (κ3) is 3.91. The van der Waals surface area contributed by atoms with Gasteiger partial charge in [-0.3, -0.25) is 9.78 Å². The zero-order valence-electron chi connectivity index (χ0n) is 10.7. The monoisotopic (exact) mass is 271 g/mol. The normalized spacial score (nSPS) is 10.7. The van der Waals surface area contributed by atoms with Crippen molar-refractivity contribution in [2.75, 3.05) is 5.73 Å². The zero-order chi connectivity index (χ0) is 14.4. The molecule has 1 aromatic carbocycles. The number of anilines is 1. The van der Waals surface area contributed by atoms with E-state index in [1.807, 2.05) is 6.07 Å². The highest BCUT2D eigenvalue weighted by Gasteiger charge is 1.99. The number of carbonyl (C=O) groups is 1. The molecule has 102 valence electrons. The van der Waals surface area contributed by atoms with Crippen molar-refractivity contribution in [3.63, 3.8) is 0 Å². The van der Waals surface area contributed by atoms with E-state index in [0.717, 1.165) is 5.56 Å². The molecule has 0 aliphatic carbocycles. The van der Waals surface area contributed by atoms with Gasteiger partial charge in [-0.05, 0) is 35.4 Å². The van der Waals surface area contributed by atoms with Crippen molar-refractivity contribution >= 4 is 17.7 Å². The third-order valence-electron chi connectivity index (χ3n) is 2.64. The number of nitrogens with two attached hydrogens (primary N) is 1. The van der Waals surface area contributed by atoms with Crippen molar-refractivity contribution in [2.45, 2.75) is 6.54 Å². The van der Waals surface area contributed by atoms with Crippen LogP contribution in [0.25, 0.3) is 6.08 Å². The van der Waals surface area contributed by atoms with E-state index >= 15 is 0 Å². The van der Waals surface area contributed by atoms with Crippen LogP contribution in [0.1, 0.15) is 11.1 Å². The van der Waals surface area contributed by atoms with Crippen LogP contribution in [-0.2, 0) is 11.3 Å². The van der Waals surface area contributed by atoms with E-state index in [1.165, 1.54) is 18.2 Å². The van der Waals surface area contributed by atoms with Gasteiger partial charge < -0.3 is 11.1 Å². The molecule has 0 radical (unpaired) electrons. The van der Waals surface area contributed by atoms with Crippen molar-refractivity contribution in [3.8, 4) is 0 Å². The summed E-state index contributed by atoms with van der Waals surface area (Å²) in [5.74, 6) is -0.708. The van der Waals surface area contributed by atoms with Gasteiger partial charge in [0.15, 0.2) is 0 Å². The fraction of sp³-hybridized carbons (Fsp3) is 0.0667. The minimum Gasteiger partial charge on any atom is -0.396 e. The lowest BCUT2D eigenvalue weighted by Gasteiger charge is -2.01. The lowest BCUT2D eigenvalue weighted by molar-refractivity contribution is -0.116. The van der Waals surface area contributed by atoms with E-state index in [0.29, 0.717) is 12.1 Å². The topological polar surface area (TPSA) is 68.0 Å². The molecule has 0 saturated heterocycles. The highest BCUT2D eigenvalue weighted by atomic mass is 19.1. The summed E-state index contributed by atoms with van der Waals surface area (Å²) in [6.45, 7) is 0.405. The molecule has 20 heavy (non-hydrogen) atoms. The number of rotatable bonds is 4. The SMILES string of the molecule is Nc1cc(/C=C/C(=O)NCc2cccnc2)ccc1F. The van der Waals surface area contributed by atoms with Crippen LogP contribution in [0, 0.1) is 5.82 Å². The maximum atomic E-state index is 13.0. The number of pyridine rings is 1. The smallest absolute Gasteiger partial charge is 0.244 e. The van der Waals surface area contributed by atoms with Gasteiger partial charge in [-0.15, -0.1) is 0 Å². The third-order valence-corrected chi connectivity index (χ3v) is 2.64. The molecular weight excluding hydrogens is 257 g/mol. The molecule has 0 aliphatic heterocycles. The number of carbonyl (C=O) groups excluding carboxylic acids is 1. The molecule has 0 bridgehead atoms. The summed E-state index contributed by atoms with van der Waals surface area (Å²) in [5.41, 5.74) is 7.09. The standard InChI is InChI=1S/C15H14FN3O/c16-13-5-3-11(8-14(13)17)4-6-15(20)19-10-12-2-1-7-18-9-12/h1-9H,10,17H2,(H,19,20)/b6-4+. The number of hydrogen-bond acceptors (Lipinski definition) is 3. The van der Waals surface area contributed by atoms with Gasteiger partial charge >= 0.3 is 0 Å². The van der Waals surface area contributed by atoms with E-state index in [4.69, 9.17) is 5.73 Å². The first-order valence-electron chi connectivity index (χ1n) is 6.05. The number of halogens is 1. The van der Waals surface area contributed by atoms with Gasteiger partial charge in [0.05, 0.1) is 5.69 Å². The molecule has 0 saturated carbocycles. The van der Waals surface area contributed by atoms with Crippen LogP contribution < -0.4 is 11.1 Å². The number of amides is 1. The van der Waals surface area contributed by atoms with Gasteiger partial charge in [-0.25, -0.2) is 4.39 Å². The maximum absolute atomic E-state index is 13.0. The lowest BCUT2D eigenvalue weighted by Crippen LogP contribution is -2.20. The Morgan fingerprint density at radius 2 is 2.25 bits per heavy atom. The Morgan fingerprint density at radius 3 is 2.95 bits per heavy atom. The molecule has 0 unspecified atom stereocenters. The minimum atomic E-state index is -0.469. The lowest BCUT2D eigenvalue weighted by atomic mass is 10.2. The zero-order valence-corrected chi connectivity index (χ0v) is 10.7. The molecule has 1 heterocycles. The first-order chi connectivity index (χ1) is 9.65. The van der Waals surface area contributed by atoms with E-state index in [9.17, 15) is 9.18 Å². The van der Waals surface area contributed by atoms with Crippen molar-refractivity contribution in [1.82, 2.24) is 10.3 Å². The second-order valence-electron chi connectivity index (χ2n) is 4.19. The number of hydrogen-bond donors (Lipinski definition) is 2. The highest BCUT2D eigenvalue weighted by molar-refractivity contribution is 5.91. The van der Waals surface area contributed by atoms with Crippen molar-refractivity contribution < 1.29 is 9.18 Å². The number of nitrogens with one attached hydrogen (secondary N) is 1. The Kier molecular flexibility index (Phi) is 4.44. The molecule has 1 aromatic heterocycles. The molecule has 4 nitrogen and oxygen atoms in total. The Morgan fingerprint density at radius 1 is 1.40 bits per heavy atom. The highest BCUT2D eigenvalue weighted by Crippen LogP contribution is 2.13. The Balaban J connectivity index is 1.90. The molecule has 2 aromatic rings. The predicted molar refractivity (Wildman–Crippen MR) is 75.9 cm³/mol. The fourth-order valence-corrected chi connectivity index (χ4v) is 1.59. The number of aromatic nitrogens is 1. The van der Waals surface area contributed by atoms with Gasteiger partial charge in [0.25, 0.3) is 0 Å². The van der Waals surface area contributed by atoms with Gasteiger partial charge in [0.1, 0.15) is 5.82 Å². The van der Waals surface area contributed by atoms with Crippen molar-refractivity contribution in [2.24, 2.45) is 0 Å². The van der Waals surface area contributed by atoms with Crippen LogP contribution in [-0.4, -0.2) is 10.9 Å². The second-order valence-corrected chi connectivity index (χ2v) is 4.19. The van der Waals surface area contributed by atoms with E-state index < -0.39 is 5.82 Å². The van der Waals surface area contributed by atoms with Gasteiger partial charge in [0, 0.05) is 25.0 Å². The number of nitrogen functional groups attached to an aromatic ring is 1. The first kappa shape index (κ1) is 13.7. The Labute approximate surface area is 116 Å². The van der Waals surface area contributed by atoms with Gasteiger partial charge in [-0.1, -0.05) is 12.1 Å². The summed E-state index contributed by atoms with van der Waals surface area (Å²) in [6, 6.07) is 7.97. The molecule has 0 fully saturated rings. The summed E-state index contributed by atoms with van der Waals surface area (Å²) in [7, 11) is 0. The van der Waals surface area contributed by atoms with Crippen LogP contribution in [0.15, 0.2) is 48.8 Å². The van der Waals surface area contributed by atoms with Gasteiger partial charge in [0.2, 0.25) is 5.91 Å². The van der Waals surface area contributed by atoms with Crippen LogP contribution in [0.4, 0.5) is 10.1 Å². The van der Waals surface area contributed by atoms with Crippen molar-refractivity contribution in [3.05, 3.63) is 65.7 Å². The molecular formula is C15H14FN3O. The van der Waals surface area contributed by atoms with Gasteiger partial charge in [-0.2, -0.15) is 0 Å². The maximum Gasteiger partial charge on any atom is 0.244 e. The summed E-state index contributed by atoms with van der Waals surface area (Å²) >= 11 is 0. The molecule has 1 amide bonds. The molecule has 0 atom stereocenters. The van der Waals surface area contributed by atoms with E-state index in [-0.39, 0.29) is 11.6 Å². The molecule has 0 aliphatic rings. The minimum absolute atomic E-state index is 0.0583. The average Bonchev–Trinajstić information content (AvgIpc) is 2.47. The molecule has 0 spiro atoms. The molecule has 2 rings (SSSR count). The fourth-order valence-electron chi connectivity index (χ4n) is 1.59. The average molecular weight is 271 g/mol. The van der Waals surface area contributed by atoms with E-state index in [2.05, 4.69) is 10.3 Å². The van der Waals surface area contributed by atoms with Crippen LogP contribution in [0.3, 0.4) is 0 Å². The van der Waals surface area contributed by atoms with Crippen LogP contribution in [0.5, 0.6) is 0 Å². The first-order valence-corrected chi connectivity index (χ1v) is 6.05. The summed E-state index contributed by atoms with van der Waals surface area (Å²) in [4.78, 5) is 15.6. The second kappa shape index (κ2) is 6.47. The largest absolute Gasteiger partial charge is 0.396 e.